The van der Waals surface area contributed by atoms with E-state index < -0.39 is 9.84 Å². The molecule has 3 nitrogen and oxygen atoms in total. The molecule has 4 rings (SSSR count). The van der Waals surface area contributed by atoms with Crippen molar-refractivity contribution in [3.05, 3.63) is 107 Å². The molecule has 0 radical (unpaired) electrons. The van der Waals surface area contributed by atoms with Crippen LogP contribution in [0.4, 0.5) is 0 Å². The fraction of sp³-hybridized carbons (Fsp3) is 0.0833. The fourth-order valence-corrected chi connectivity index (χ4v) is 5.65. The molecule has 29 heavy (non-hydrogen) atoms. The minimum absolute atomic E-state index is 0.151. The minimum Gasteiger partial charge on any atom is -0.464 e. The molecule has 146 valence electrons. The van der Waals surface area contributed by atoms with E-state index in [1.807, 2.05) is 55.5 Å². The molecule has 0 saturated heterocycles. The molecule has 0 unspecified atom stereocenters. The Labute approximate surface area is 179 Å². The van der Waals surface area contributed by atoms with Crippen molar-refractivity contribution in [1.82, 2.24) is 0 Å². The molecule has 0 bridgehead atoms. The summed E-state index contributed by atoms with van der Waals surface area (Å²) in [5.74, 6) is 0.552. The van der Waals surface area contributed by atoms with Crippen LogP contribution in [0, 0.1) is 6.92 Å². The highest BCUT2D eigenvalue weighted by Crippen LogP contribution is 2.43. The van der Waals surface area contributed by atoms with E-state index in [-0.39, 0.29) is 5.75 Å². The predicted octanol–water partition coefficient (Wildman–Crippen LogP) is 6.01. The van der Waals surface area contributed by atoms with Gasteiger partial charge in [0.2, 0.25) is 0 Å². The lowest BCUT2D eigenvalue weighted by atomic mass is 9.94. The van der Waals surface area contributed by atoms with Crippen LogP contribution in [-0.4, -0.2) is 14.2 Å². The van der Waals surface area contributed by atoms with Crippen LogP contribution in [0.2, 0.25) is 0 Å². The van der Waals surface area contributed by atoms with Gasteiger partial charge in [-0.05, 0) is 52.2 Å². The van der Waals surface area contributed by atoms with Crippen molar-refractivity contribution in [2.75, 3.05) is 5.75 Å². The summed E-state index contributed by atoms with van der Waals surface area (Å²) >= 11 is 3.76. The van der Waals surface area contributed by atoms with E-state index in [0.717, 1.165) is 26.7 Å². The molecule has 0 saturated carbocycles. The van der Waals surface area contributed by atoms with Gasteiger partial charge in [0.25, 0.3) is 0 Å². The van der Waals surface area contributed by atoms with Crippen LogP contribution in [0.15, 0.2) is 95.6 Å². The number of rotatable bonds is 4. The van der Waals surface area contributed by atoms with E-state index in [0.29, 0.717) is 16.2 Å². The summed E-state index contributed by atoms with van der Waals surface area (Å²) < 4.78 is 32.7. The fourth-order valence-electron chi connectivity index (χ4n) is 3.38. The first-order valence-electron chi connectivity index (χ1n) is 9.16. The molecule has 0 aliphatic carbocycles. The highest BCUT2D eigenvalue weighted by molar-refractivity contribution is 9.15. The van der Waals surface area contributed by atoms with E-state index in [9.17, 15) is 8.42 Å². The van der Waals surface area contributed by atoms with Gasteiger partial charge in [0.1, 0.15) is 5.75 Å². The molecule has 3 aromatic carbocycles. The highest BCUT2D eigenvalue weighted by Gasteiger charge is 2.27. The van der Waals surface area contributed by atoms with Gasteiger partial charge in [-0.3, -0.25) is 0 Å². The summed E-state index contributed by atoms with van der Waals surface area (Å²) in [6, 6.07) is 24.2. The number of hydrogen-bond acceptors (Lipinski definition) is 3. The third kappa shape index (κ3) is 3.93. The molecule has 0 fully saturated rings. The zero-order chi connectivity index (χ0) is 20.4. The van der Waals surface area contributed by atoms with Gasteiger partial charge < -0.3 is 4.74 Å². The summed E-state index contributed by atoms with van der Waals surface area (Å²) in [5.41, 5.74) is 4.43. The lowest BCUT2D eigenvalue weighted by Gasteiger charge is -2.23. The van der Waals surface area contributed by atoms with Crippen LogP contribution in [0.5, 0.6) is 5.75 Å². The Morgan fingerprint density at radius 1 is 0.897 bits per heavy atom. The minimum atomic E-state index is -3.52. The molecule has 0 aromatic heterocycles. The molecule has 5 heteroatoms. The average molecular weight is 467 g/mol. The maximum atomic E-state index is 13.0. The maximum Gasteiger partial charge on any atom is 0.182 e. The van der Waals surface area contributed by atoms with Gasteiger partial charge in [0.05, 0.1) is 16.9 Å². The summed E-state index contributed by atoms with van der Waals surface area (Å²) in [6.07, 6.45) is 1.55. The topological polar surface area (TPSA) is 43.4 Å². The first-order chi connectivity index (χ1) is 14.0. The quantitative estimate of drug-likeness (QED) is 0.472. The highest BCUT2D eigenvalue weighted by atomic mass is 79.9. The van der Waals surface area contributed by atoms with Crippen molar-refractivity contribution < 1.29 is 13.2 Å². The third-order valence-corrected chi connectivity index (χ3v) is 7.36. The van der Waals surface area contributed by atoms with E-state index >= 15 is 0 Å². The maximum absolute atomic E-state index is 13.0. The summed E-state index contributed by atoms with van der Waals surface area (Å²) in [7, 11) is -3.52. The predicted molar refractivity (Wildman–Crippen MR) is 121 cm³/mol. The molecular formula is C24H19BrO3S. The van der Waals surface area contributed by atoms with Crippen LogP contribution in [0.25, 0.3) is 10.1 Å². The number of fused-ring (bicyclic) bond motifs is 1. The summed E-state index contributed by atoms with van der Waals surface area (Å²) in [5, 5.41) is 0. The number of aryl methyl sites for hydroxylation is 1. The summed E-state index contributed by atoms with van der Waals surface area (Å²) in [4.78, 5) is 0.297. The molecule has 1 aliphatic rings. The standard InChI is InChI=1S/C24H19BrO3S/c1-17-9-5-6-12-20(17)24(25)23-18(15-28-22-14-8-7-13-21(22)23)16-29(26,27)19-10-3-2-4-11-19/h2-15H,16H2,1H3/b24-23-. The van der Waals surface area contributed by atoms with Crippen molar-refractivity contribution in [2.24, 2.45) is 0 Å². The van der Waals surface area contributed by atoms with Gasteiger partial charge in [-0.25, -0.2) is 8.42 Å². The van der Waals surface area contributed by atoms with E-state index in [4.69, 9.17) is 4.74 Å². The Hall–Kier alpha value is -2.63. The third-order valence-electron chi connectivity index (χ3n) is 4.85. The van der Waals surface area contributed by atoms with Crippen LogP contribution in [0.1, 0.15) is 16.7 Å². The first-order valence-corrected chi connectivity index (χ1v) is 11.6. The van der Waals surface area contributed by atoms with Crippen LogP contribution >= 0.6 is 15.9 Å². The Kier molecular flexibility index (Phi) is 5.43. The van der Waals surface area contributed by atoms with Crippen molar-refractivity contribution in [2.45, 2.75) is 11.8 Å². The number of halogens is 1. The smallest absolute Gasteiger partial charge is 0.182 e. The van der Waals surface area contributed by atoms with Crippen molar-refractivity contribution >= 4 is 35.8 Å². The lowest BCUT2D eigenvalue weighted by molar-refractivity contribution is 0.470. The van der Waals surface area contributed by atoms with E-state index in [1.54, 1.807) is 36.6 Å². The van der Waals surface area contributed by atoms with E-state index in [2.05, 4.69) is 15.9 Å². The number of benzene rings is 3. The van der Waals surface area contributed by atoms with Crippen molar-refractivity contribution in [3.63, 3.8) is 0 Å². The number of hydrogen-bond donors (Lipinski definition) is 0. The van der Waals surface area contributed by atoms with Gasteiger partial charge in [-0.2, -0.15) is 0 Å². The second-order valence-corrected chi connectivity index (χ2v) is 9.62. The van der Waals surface area contributed by atoms with Gasteiger partial charge in [0.15, 0.2) is 9.84 Å². The van der Waals surface area contributed by atoms with Crippen molar-refractivity contribution in [3.8, 4) is 5.75 Å². The van der Waals surface area contributed by atoms with Gasteiger partial charge >= 0.3 is 0 Å². The Balaban J connectivity index is 1.86. The Morgan fingerprint density at radius 3 is 2.31 bits per heavy atom. The number of sulfone groups is 1. The second-order valence-electron chi connectivity index (χ2n) is 6.83. The molecule has 0 N–H and O–H groups in total. The SMILES string of the molecule is Cc1ccccc1/C(Br)=C1\C(CS(=O)(=O)c2ccccc2)=COc2ccccc21. The zero-order valence-electron chi connectivity index (χ0n) is 15.8. The monoisotopic (exact) mass is 466 g/mol. The van der Waals surface area contributed by atoms with Gasteiger partial charge in [-0.15, -0.1) is 0 Å². The molecule has 1 aliphatic heterocycles. The molecule has 0 atom stereocenters. The molecule has 0 amide bonds. The van der Waals surface area contributed by atoms with Crippen LogP contribution in [-0.2, 0) is 9.84 Å². The van der Waals surface area contributed by atoms with E-state index in [1.165, 1.54) is 0 Å². The molecule has 3 aromatic rings. The zero-order valence-corrected chi connectivity index (χ0v) is 18.2. The number of ether oxygens (including phenoxy) is 1. The second kappa shape index (κ2) is 8.01. The first kappa shape index (κ1) is 19.7. The molecular weight excluding hydrogens is 448 g/mol. The van der Waals surface area contributed by atoms with Gasteiger partial charge in [0, 0.05) is 21.2 Å². The summed E-state index contributed by atoms with van der Waals surface area (Å²) in [6.45, 7) is 2.03. The lowest BCUT2D eigenvalue weighted by Crippen LogP contribution is -2.14. The normalized spacial score (nSPS) is 15.2. The van der Waals surface area contributed by atoms with Crippen LogP contribution < -0.4 is 4.74 Å². The molecule has 1 heterocycles. The largest absolute Gasteiger partial charge is 0.464 e. The van der Waals surface area contributed by atoms with Crippen LogP contribution in [0.3, 0.4) is 0 Å². The number of para-hydroxylation sites is 1. The van der Waals surface area contributed by atoms with Gasteiger partial charge in [-0.1, -0.05) is 60.7 Å². The van der Waals surface area contributed by atoms with Crippen molar-refractivity contribution in [1.29, 1.82) is 0 Å². The Morgan fingerprint density at radius 2 is 1.55 bits per heavy atom. The average Bonchev–Trinajstić information content (AvgIpc) is 2.74. The Bertz CT molecular complexity index is 1230. The molecule has 0 spiro atoms. The number of allylic oxidation sites excluding steroid dienone is 1.